The number of carbonyl (C=O) groups excluding carboxylic acids is 1. The standard InChI is InChI=1S/C18H25NO4S/c1-24-15-8-5-13(6-9-15)16(12-18(21)22)19-17(20)10-7-14-4-2-3-11-23-14/h5-6,8-9,14,16H,2-4,7,10-12H2,1H3,(H,19,20)(H,21,22). The summed E-state index contributed by atoms with van der Waals surface area (Å²) in [5.74, 6) is -1.05. The average Bonchev–Trinajstić information content (AvgIpc) is 2.60. The molecule has 0 radical (unpaired) electrons. The van der Waals surface area contributed by atoms with Gasteiger partial charge in [0.25, 0.3) is 0 Å². The molecule has 1 heterocycles. The van der Waals surface area contributed by atoms with E-state index in [0.717, 1.165) is 36.3 Å². The Labute approximate surface area is 147 Å². The SMILES string of the molecule is CSc1ccc(C(CC(=O)O)NC(=O)CCC2CCCCO2)cc1. The number of hydrogen-bond acceptors (Lipinski definition) is 4. The predicted molar refractivity (Wildman–Crippen MR) is 94.2 cm³/mol. The van der Waals surface area contributed by atoms with Crippen LogP contribution in [-0.4, -0.2) is 35.9 Å². The van der Waals surface area contributed by atoms with Crippen LogP contribution in [0.15, 0.2) is 29.2 Å². The molecule has 6 heteroatoms. The molecule has 0 bridgehead atoms. The first-order valence-corrected chi connectivity index (χ1v) is 9.57. The predicted octanol–water partition coefficient (Wildman–Crippen LogP) is 3.39. The summed E-state index contributed by atoms with van der Waals surface area (Å²) in [6, 6.07) is 7.14. The van der Waals surface area contributed by atoms with Gasteiger partial charge in [0.05, 0.1) is 18.6 Å². The topological polar surface area (TPSA) is 75.6 Å². The van der Waals surface area contributed by atoms with E-state index < -0.39 is 12.0 Å². The van der Waals surface area contributed by atoms with Gasteiger partial charge in [0, 0.05) is 17.9 Å². The van der Waals surface area contributed by atoms with E-state index in [4.69, 9.17) is 9.84 Å². The molecular weight excluding hydrogens is 326 g/mol. The molecule has 1 aliphatic rings. The first-order valence-electron chi connectivity index (χ1n) is 8.35. The molecule has 1 fully saturated rings. The summed E-state index contributed by atoms with van der Waals surface area (Å²) in [7, 11) is 0. The fraction of sp³-hybridized carbons (Fsp3) is 0.556. The van der Waals surface area contributed by atoms with Crippen LogP contribution in [0.3, 0.4) is 0 Å². The van der Waals surface area contributed by atoms with Gasteiger partial charge in [0.1, 0.15) is 0 Å². The summed E-state index contributed by atoms with van der Waals surface area (Å²) in [5, 5.41) is 12.0. The van der Waals surface area contributed by atoms with Crippen molar-refractivity contribution >= 4 is 23.6 Å². The van der Waals surface area contributed by atoms with Gasteiger partial charge in [-0.3, -0.25) is 9.59 Å². The van der Waals surface area contributed by atoms with E-state index in [1.807, 2.05) is 30.5 Å². The van der Waals surface area contributed by atoms with Gasteiger partial charge in [-0.05, 0) is 49.6 Å². The Bertz CT molecular complexity index is 540. The highest BCUT2D eigenvalue weighted by Gasteiger charge is 2.20. The van der Waals surface area contributed by atoms with Crippen molar-refractivity contribution in [1.82, 2.24) is 5.32 Å². The zero-order valence-corrected chi connectivity index (χ0v) is 14.8. The van der Waals surface area contributed by atoms with Crippen molar-refractivity contribution in [1.29, 1.82) is 0 Å². The minimum Gasteiger partial charge on any atom is -0.481 e. The summed E-state index contributed by atoms with van der Waals surface area (Å²) in [5.41, 5.74) is 0.817. The Balaban J connectivity index is 1.91. The second-order valence-corrected chi connectivity index (χ2v) is 6.90. The summed E-state index contributed by atoms with van der Waals surface area (Å²) in [6.45, 7) is 0.774. The Morgan fingerprint density at radius 1 is 1.33 bits per heavy atom. The van der Waals surface area contributed by atoms with Gasteiger partial charge in [0.2, 0.25) is 5.91 Å². The third-order valence-corrected chi connectivity index (χ3v) is 4.94. The van der Waals surface area contributed by atoms with Crippen molar-refractivity contribution in [2.24, 2.45) is 0 Å². The summed E-state index contributed by atoms with van der Waals surface area (Å²) in [4.78, 5) is 24.4. The Kier molecular flexibility index (Phi) is 7.59. The lowest BCUT2D eigenvalue weighted by Gasteiger charge is -2.23. The van der Waals surface area contributed by atoms with Crippen LogP contribution in [0.1, 0.15) is 50.1 Å². The van der Waals surface area contributed by atoms with E-state index in [2.05, 4.69) is 5.32 Å². The number of nitrogens with one attached hydrogen (secondary N) is 1. The maximum absolute atomic E-state index is 12.2. The highest BCUT2D eigenvalue weighted by atomic mass is 32.2. The minimum absolute atomic E-state index is 0.121. The van der Waals surface area contributed by atoms with Crippen molar-refractivity contribution in [3.05, 3.63) is 29.8 Å². The fourth-order valence-electron chi connectivity index (χ4n) is 2.86. The van der Waals surface area contributed by atoms with Crippen LogP contribution in [0.4, 0.5) is 0 Å². The lowest BCUT2D eigenvalue weighted by atomic mass is 10.0. The summed E-state index contributed by atoms with van der Waals surface area (Å²) >= 11 is 1.62. The molecule has 2 atom stereocenters. The van der Waals surface area contributed by atoms with E-state index in [1.165, 1.54) is 0 Å². The van der Waals surface area contributed by atoms with Gasteiger partial charge in [0.15, 0.2) is 0 Å². The van der Waals surface area contributed by atoms with Crippen LogP contribution in [-0.2, 0) is 14.3 Å². The number of carboxylic acid groups (broad SMARTS) is 1. The molecule has 1 aromatic rings. The molecule has 0 aliphatic carbocycles. The van der Waals surface area contributed by atoms with Crippen LogP contribution in [0.25, 0.3) is 0 Å². The van der Waals surface area contributed by atoms with Crippen LogP contribution >= 0.6 is 11.8 Å². The zero-order chi connectivity index (χ0) is 17.4. The van der Waals surface area contributed by atoms with Gasteiger partial charge >= 0.3 is 5.97 Å². The molecule has 24 heavy (non-hydrogen) atoms. The van der Waals surface area contributed by atoms with E-state index in [9.17, 15) is 9.59 Å². The van der Waals surface area contributed by atoms with Crippen molar-refractivity contribution in [2.45, 2.75) is 55.6 Å². The first kappa shape index (κ1) is 18.8. The van der Waals surface area contributed by atoms with E-state index in [-0.39, 0.29) is 18.4 Å². The van der Waals surface area contributed by atoms with E-state index >= 15 is 0 Å². The number of amides is 1. The van der Waals surface area contributed by atoms with Crippen molar-refractivity contribution in [2.75, 3.05) is 12.9 Å². The maximum Gasteiger partial charge on any atom is 0.305 e. The molecule has 2 N–H and O–H groups in total. The molecule has 0 saturated carbocycles. The van der Waals surface area contributed by atoms with Gasteiger partial charge in [-0.2, -0.15) is 0 Å². The molecule has 2 rings (SSSR count). The molecule has 2 unspecified atom stereocenters. The maximum atomic E-state index is 12.2. The summed E-state index contributed by atoms with van der Waals surface area (Å²) in [6.07, 6.45) is 6.32. The van der Waals surface area contributed by atoms with Crippen LogP contribution in [0.2, 0.25) is 0 Å². The Hall–Kier alpha value is -1.53. The van der Waals surface area contributed by atoms with Crippen LogP contribution < -0.4 is 5.32 Å². The van der Waals surface area contributed by atoms with Gasteiger partial charge < -0.3 is 15.2 Å². The van der Waals surface area contributed by atoms with Gasteiger partial charge in [-0.25, -0.2) is 0 Å². The van der Waals surface area contributed by atoms with Gasteiger partial charge in [-0.15, -0.1) is 11.8 Å². The summed E-state index contributed by atoms with van der Waals surface area (Å²) < 4.78 is 5.63. The highest BCUT2D eigenvalue weighted by molar-refractivity contribution is 7.98. The minimum atomic E-state index is -0.926. The zero-order valence-electron chi connectivity index (χ0n) is 14.0. The van der Waals surface area contributed by atoms with Crippen molar-refractivity contribution in [3.8, 4) is 0 Å². The normalized spacial score (nSPS) is 18.8. The molecule has 132 valence electrons. The first-order chi connectivity index (χ1) is 11.6. The number of thioether (sulfide) groups is 1. The third kappa shape index (κ3) is 6.17. The Morgan fingerprint density at radius 2 is 2.08 bits per heavy atom. The molecule has 1 saturated heterocycles. The molecule has 0 spiro atoms. The smallest absolute Gasteiger partial charge is 0.305 e. The van der Waals surface area contributed by atoms with Crippen LogP contribution in [0, 0.1) is 0 Å². The molecule has 1 aromatic carbocycles. The third-order valence-electron chi connectivity index (χ3n) is 4.20. The highest BCUT2D eigenvalue weighted by Crippen LogP contribution is 2.22. The second kappa shape index (κ2) is 9.69. The van der Waals surface area contributed by atoms with Crippen LogP contribution in [0.5, 0.6) is 0 Å². The quantitative estimate of drug-likeness (QED) is 0.702. The molecule has 1 amide bonds. The lowest BCUT2D eigenvalue weighted by molar-refractivity contribution is -0.137. The number of rotatable bonds is 8. The number of aliphatic carboxylic acids is 1. The van der Waals surface area contributed by atoms with Crippen molar-refractivity contribution in [3.63, 3.8) is 0 Å². The second-order valence-electron chi connectivity index (χ2n) is 6.02. The average molecular weight is 351 g/mol. The van der Waals surface area contributed by atoms with E-state index in [0.29, 0.717) is 12.8 Å². The number of ether oxygens (including phenoxy) is 1. The number of hydrogen-bond donors (Lipinski definition) is 2. The monoisotopic (exact) mass is 351 g/mol. The number of carboxylic acids is 1. The Morgan fingerprint density at radius 3 is 2.67 bits per heavy atom. The lowest BCUT2D eigenvalue weighted by Crippen LogP contribution is -2.31. The van der Waals surface area contributed by atoms with Crippen molar-refractivity contribution < 1.29 is 19.4 Å². The molecule has 5 nitrogen and oxygen atoms in total. The molecule has 1 aliphatic heterocycles. The molecular formula is C18H25NO4S. The van der Waals surface area contributed by atoms with E-state index in [1.54, 1.807) is 11.8 Å². The number of benzene rings is 1. The van der Waals surface area contributed by atoms with Gasteiger partial charge in [-0.1, -0.05) is 12.1 Å². The largest absolute Gasteiger partial charge is 0.481 e. The fourth-order valence-corrected chi connectivity index (χ4v) is 3.26. The number of carbonyl (C=O) groups is 2. The molecule has 0 aromatic heterocycles.